The van der Waals surface area contributed by atoms with E-state index in [0.717, 1.165) is 37.8 Å². The summed E-state index contributed by atoms with van der Waals surface area (Å²) in [7, 11) is 0. The average molecular weight is 322 g/mol. The summed E-state index contributed by atoms with van der Waals surface area (Å²) in [6.45, 7) is 3.69. The molecular formula is C18H27FN2O2. The quantitative estimate of drug-likeness (QED) is 0.811. The van der Waals surface area contributed by atoms with Gasteiger partial charge in [-0.1, -0.05) is 18.6 Å². The van der Waals surface area contributed by atoms with Gasteiger partial charge in [0.1, 0.15) is 5.82 Å². The Morgan fingerprint density at radius 3 is 2.83 bits per heavy atom. The number of carbonyl (C=O) groups is 1. The lowest BCUT2D eigenvalue weighted by Gasteiger charge is -2.35. The first-order valence-electron chi connectivity index (χ1n) is 8.50. The molecule has 1 heterocycles. The van der Waals surface area contributed by atoms with Crippen LogP contribution in [0.2, 0.25) is 0 Å². The second kappa shape index (κ2) is 8.99. The van der Waals surface area contributed by atoms with Gasteiger partial charge in [-0.15, -0.1) is 0 Å². The minimum Gasteiger partial charge on any atom is -0.396 e. The number of nitrogens with zero attached hydrogens (tertiary/aromatic N) is 1. The molecule has 1 aliphatic rings. The first kappa shape index (κ1) is 17.9. The predicted octanol–water partition coefficient (Wildman–Crippen LogP) is 2.46. The summed E-state index contributed by atoms with van der Waals surface area (Å²) >= 11 is 0. The number of halogens is 1. The molecule has 2 atom stereocenters. The van der Waals surface area contributed by atoms with Crippen LogP contribution in [0, 0.1) is 5.82 Å². The number of piperidine rings is 1. The molecule has 1 aromatic carbocycles. The van der Waals surface area contributed by atoms with E-state index in [1.54, 1.807) is 12.1 Å². The molecule has 2 rings (SSSR count). The zero-order chi connectivity index (χ0) is 16.7. The Hall–Kier alpha value is -1.46. The van der Waals surface area contributed by atoms with Crippen LogP contribution in [0.15, 0.2) is 24.3 Å². The molecule has 4 nitrogen and oxygen atoms in total. The van der Waals surface area contributed by atoms with E-state index in [2.05, 4.69) is 10.2 Å². The molecule has 1 aromatic rings. The third kappa shape index (κ3) is 5.59. The molecule has 1 amide bonds. The monoisotopic (exact) mass is 322 g/mol. The second-order valence-corrected chi connectivity index (χ2v) is 6.38. The topological polar surface area (TPSA) is 52.6 Å². The van der Waals surface area contributed by atoms with E-state index in [0.29, 0.717) is 13.0 Å². The number of aliphatic hydroxyl groups excluding tert-OH is 1. The van der Waals surface area contributed by atoms with Crippen molar-refractivity contribution >= 4 is 5.91 Å². The van der Waals surface area contributed by atoms with Crippen molar-refractivity contribution in [3.8, 4) is 0 Å². The number of nitrogens with one attached hydrogen (secondary N) is 1. The molecule has 0 bridgehead atoms. The number of amides is 1. The summed E-state index contributed by atoms with van der Waals surface area (Å²) in [6.07, 6.45) is 4.49. The number of likely N-dealkylation sites (tertiary alicyclic amines) is 1. The maximum atomic E-state index is 13.0. The molecule has 0 saturated carbocycles. The van der Waals surface area contributed by atoms with Crippen molar-refractivity contribution in [2.45, 2.75) is 57.7 Å². The molecule has 1 fully saturated rings. The highest BCUT2D eigenvalue weighted by Gasteiger charge is 2.29. The lowest BCUT2D eigenvalue weighted by Crippen LogP contribution is -2.50. The molecule has 0 aliphatic carbocycles. The van der Waals surface area contributed by atoms with Crippen LogP contribution in [-0.2, 0) is 11.3 Å². The smallest absolute Gasteiger partial charge is 0.237 e. The number of hydrogen-bond acceptors (Lipinski definition) is 3. The minimum absolute atomic E-state index is 0.0669. The molecule has 0 aromatic heterocycles. The van der Waals surface area contributed by atoms with E-state index < -0.39 is 0 Å². The Bertz CT molecular complexity index is 492. The molecule has 2 unspecified atom stereocenters. The van der Waals surface area contributed by atoms with Gasteiger partial charge in [-0.2, -0.15) is 0 Å². The van der Waals surface area contributed by atoms with Crippen molar-refractivity contribution in [2.75, 3.05) is 13.2 Å². The summed E-state index contributed by atoms with van der Waals surface area (Å²) in [5, 5.41) is 11.9. The maximum Gasteiger partial charge on any atom is 0.237 e. The normalized spacial score (nSPS) is 20.2. The van der Waals surface area contributed by atoms with Crippen LogP contribution in [-0.4, -0.2) is 41.1 Å². The average Bonchev–Trinajstić information content (AvgIpc) is 2.55. The number of carbonyl (C=O) groups excluding carboxylic acids is 1. The third-order valence-electron chi connectivity index (χ3n) is 4.40. The van der Waals surface area contributed by atoms with E-state index in [1.807, 2.05) is 6.92 Å². The summed E-state index contributed by atoms with van der Waals surface area (Å²) in [6, 6.07) is 6.44. The fraction of sp³-hybridized carbons (Fsp3) is 0.611. The largest absolute Gasteiger partial charge is 0.396 e. The van der Waals surface area contributed by atoms with Gasteiger partial charge in [-0.3, -0.25) is 9.69 Å². The summed E-state index contributed by atoms with van der Waals surface area (Å²) in [5.41, 5.74) is 1.03. The fourth-order valence-corrected chi connectivity index (χ4v) is 3.11. The molecule has 1 saturated heterocycles. The van der Waals surface area contributed by atoms with Gasteiger partial charge in [0.2, 0.25) is 5.91 Å². The van der Waals surface area contributed by atoms with Crippen LogP contribution in [0.5, 0.6) is 0 Å². The Balaban J connectivity index is 1.94. The first-order valence-corrected chi connectivity index (χ1v) is 8.50. The Morgan fingerprint density at radius 2 is 2.13 bits per heavy atom. The van der Waals surface area contributed by atoms with E-state index in [4.69, 9.17) is 5.11 Å². The van der Waals surface area contributed by atoms with Gasteiger partial charge in [0.25, 0.3) is 0 Å². The maximum absolute atomic E-state index is 13.0. The second-order valence-electron chi connectivity index (χ2n) is 6.38. The minimum atomic E-state index is -0.237. The van der Waals surface area contributed by atoms with Crippen LogP contribution in [0.3, 0.4) is 0 Å². The lowest BCUT2D eigenvalue weighted by atomic mass is 10.00. The Labute approximate surface area is 137 Å². The van der Waals surface area contributed by atoms with Crippen LogP contribution < -0.4 is 5.32 Å². The van der Waals surface area contributed by atoms with Crippen LogP contribution in [0.4, 0.5) is 4.39 Å². The van der Waals surface area contributed by atoms with Crippen molar-refractivity contribution in [3.63, 3.8) is 0 Å². The molecule has 23 heavy (non-hydrogen) atoms. The molecule has 128 valence electrons. The molecule has 5 heteroatoms. The zero-order valence-electron chi connectivity index (χ0n) is 13.8. The van der Waals surface area contributed by atoms with Crippen molar-refractivity contribution in [3.05, 3.63) is 35.6 Å². The Morgan fingerprint density at radius 1 is 1.39 bits per heavy atom. The van der Waals surface area contributed by atoms with Gasteiger partial charge in [0.05, 0.1) is 6.04 Å². The first-order chi connectivity index (χ1) is 11.1. The van der Waals surface area contributed by atoms with Crippen molar-refractivity contribution < 1.29 is 14.3 Å². The summed E-state index contributed by atoms with van der Waals surface area (Å²) in [5.74, 6) is -0.170. The van der Waals surface area contributed by atoms with Gasteiger partial charge >= 0.3 is 0 Å². The lowest BCUT2D eigenvalue weighted by molar-refractivity contribution is -0.128. The van der Waals surface area contributed by atoms with Gasteiger partial charge in [-0.25, -0.2) is 4.39 Å². The third-order valence-corrected chi connectivity index (χ3v) is 4.40. The fourth-order valence-electron chi connectivity index (χ4n) is 3.11. The number of hydrogen-bond donors (Lipinski definition) is 2. The van der Waals surface area contributed by atoms with E-state index in [1.165, 1.54) is 12.1 Å². The van der Waals surface area contributed by atoms with Gasteiger partial charge in [0, 0.05) is 19.2 Å². The summed E-state index contributed by atoms with van der Waals surface area (Å²) in [4.78, 5) is 14.7. The predicted molar refractivity (Wildman–Crippen MR) is 88.4 cm³/mol. The van der Waals surface area contributed by atoms with Gasteiger partial charge in [0.15, 0.2) is 0 Å². The van der Waals surface area contributed by atoms with Crippen molar-refractivity contribution in [1.29, 1.82) is 0 Å². The van der Waals surface area contributed by atoms with E-state index >= 15 is 0 Å². The Kier molecular flexibility index (Phi) is 6.99. The molecule has 2 N–H and O–H groups in total. The van der Waals surface area contributed by atoms with E-state index in [-0.39, 0.29) is 30.4 Å². The SMILES string of the molecule is CC(CCCO)NC(=O)C1CCCCN1Cc1ccc(F)cc1. The van der Waals surface area contributed by atoms with Gasteiger partial charge < -0.3 is 10.4 Å². The summed E-state index contributed by atoms with van der Waals surface area (Å²) < 4.78 is 13.0. The van der Waals surface area contributed by atoms with E-state index in [9.17, 15) is 9.18 Å². The zero-order valence-corrected chi connectivity index (χ0v) is 13.8. The molecular weight excluding hydrogens is 295 g/mol. The highest BCUT2D eigenvalue weighted by atomic mass is 19.1. The van der Waals surface area contributed by atoms with Crippen molar-refractivity contribution in [2.24, 2.45) is 0 Å². The van der Waals surface area contributed by atoms with Crippen LogP contribution in [0.25, 0.3) is 0 Å². The number of rotatable bonds is 7. The highest BCUT2D eigenvalue weighted by molar-refractivity contribution is 5.82. The number of benzene rings is 1. The van der Waals surface area contributed by atoms with Crippen LogP contribution in [0.1, 0.15) is 44.6 Å². The highest BCUT2D eigenvalue weighted by Crippen LogP contribution is 2.20. The molecule has 0 radical (unpaired) electrons. The van der Waals surface area contributed by atoms with Gasteiger partial charge in [-0.05, 0) is 56.8 Å². The molecule has 0 spiro atoms. The van der Waals surface area contributed by atoms with Crippen LogP contribution >= 0.6 is 0 Å². The number of aliphatic hydroxyl groups is 1. The van der Waals surface area contributed by atoms with Crippen molar-refractivity contribution in [1.82, 2.24) is 10.2 Å². The molecule has 1 aliphatic heterocycles. The standard InChI is InChI=1S/C18H27FN2O2/c1-14(5-4-12-22)20-18(23)17-6-2-3-11-21(17)13-15-7-9-16(19)10-8-15/h7-10,14,17,22H,2-6,11-13H2,1H3,(H,20,23).